The summed E-state index contributed by atoms with van der Waals surface area (Å²) in [6.45, 7) is 2.04. The Morgan fingerprint density at radius 1 is 1.22 bits per heavy atom. The van der Waals surface area contributed by atoms with Crippen LogP contribution >= 0.6 is 23.6 Å². The molecule has 32 heavy (non-hydrogen) atoms. The lowest BCUT2D eigenvalue weighted by Crippen LogP contribution is -2.19. The Kier molecular flexibility index (Phi) is 7.09. The van der Waals surface area contributed by atoms with E-state index in [0.717, 1.165) is 58.7 Å². The van der Waals surface area contributed by atoms with E-state index in [1.807, 2.05) is 49.4 Å². The lowest BCUT2D eigenvalue weighted by Gasteiger charge is -2.20. The molecule has 0 saturated heterocycles. The van der Waals surface area contributed by atoms with Gasteiger partial charge in [0.2, 0.25) is 0 Å². The minimum absolute atomic E-state index is 0.157. The molecule has 4 nitrogen and oxygen atoms in total. The molecule has 1 aliphatic carbocycles. The maximum Gasteiger partial charge on any atom is 0.197 e. The van der Waals surface area contributed by atoms with Crippen LogP contribution in [0.3, 0.4) is 0 Å². The van der Waals surface area contributed by atoms with E-state index in [1.54, 1.807) is 23.2 Å². The number of aromatic nitrogens is 1. The van der Waals surface area contributed by atoms with Crippen molar-refractivity contribution in [3.05, 3.63) is 81.5 Å². The number of nitrogens with zero attached hydrogens (tertiary/aromatic N) is 2. The van der Waals surface area contributed by atoms with Crippen LogP contribution in [0.5, 0.6) is 5.75 Å². The average Bonchev–Trinajstić information content (AvgIpc) is 3.63. The van der Waals surface area contributed by atoms with E-state index in [-0.39, 0.29) is 6.10 Å². The van der Waals surface area contributed by atoms with E-state index in [9.17, 15) is 5.26 Å². The van der Waals surface area contributed by atoms with E-state index in [1.165, 1.54) is 0 Å². The standard InChI is InChI=1S/C26H26N2O2S2/c1-18-25(21-13-15-23(29-2)16-14-21)32-26(31)28(18)30-24(20-7-4-3-5-8-20)10-6-9-22(17-27)19-11-12-19/h3-5,7-9,13-16,19,24H,6,10-12H2,1-2H3/b22-9+. The van der Waals surface area contributed by atoms with Crippen molar-refractivity contribution in [1.29, 1.82) is 5.26 Å². The van der Waals surface area contributed by atoms with Crippen LogP contribution in [-0.2, 0) is 0 Å². The van der Waals surface area contributed by atoms with Gasteiger partial charge in [0.25, 0.3) is 0 Å². The summed E-state index contributed by atoms with van der Waals surface area (Å²) >= 11 is 7.22. The lowest BCUT2D eigenvalue weighted by molar-refractivity contribution is 0.0272. The molecule has 164 valence electrons. The van der Waals surface area contributed by atoms with Gasteiger partial charge in [-0.1, -0.05) is 36.4 Å². The fraction of sp³-hybridized carbons (Fsp3) is 0.308. The van der Waals surface area contributed by atoms with Crippen molar-refractivity contribution in [3.63, 3.8) is 0 Å². The zero-order valence-electron chi connectivity index (χ0n) is 18.3. The molecule has 4 rings (SSSR count). The van der Waals surface area contributed by atoms with Gasteiger partial charge in [-0.2, -0.15) is 9.99 Å². The molecule has 1 aliphatic rings. The summed E-state index contributed by atoms with van der Waals surface area (Å²) in [4.78, 5) is 7.57. The third-order valence-corrected chi connectivity index (χ3v) is 7.18. The van der Waals surface area contributed by atoms with E-state index in [0.29, 0.717) is 9.87 Å². The summed E-state index contributed by atoms with van der Waals surface area (Å²) in [5.74, 6) is 1.29. The fourth-order valence-corrected chi connectivity index (χ4v) is 5.08. The Morgan fingerprint density at radius 3 is 2.56 bits per heavy atom. The molecule has 1 fully saturated rings. The molecule has 1 saturated carbocycles. The summed E-state index contributed by atoms with van der Waals surface area (Å²) in [6, 6.07) is 20.6. The van der Waals surface area contributed by atoms with Crippen molar-refractivity contribution in [2.75, 3.05) is 7.11 Å². The number of rotatable bonds is 9. The Morgan fingerprint density at radius 2 is 1.94 bits per heavy atom. The topological polar surface area (TPSA) is 47.2 Å². The van der Waals surface area contributed by atoms with Crippen molar-refractivity contribution in [3.8, 4) is 22.3 Å². The minimum Gasteiger partial charge on any atom is -0.497 e. The Bertz CT molecular complexity index is 1180. The van der Waals surface area contributed by atoms with Gasteiger partial charge in [0.1, 0.15) is 5.75 Å². The molecule has 0 bridgehead atoms. The maximum absolute atomic E-state index is 9.40. The minimum atomic E-state index is -0.157. The second-order valence-electron chi connectivity index (χ2n) is 7.93. The zero-order chi connectivity index (χ0) is 22.5. The third kappa shape index (κ3) is 5.12. The van der Waals surface area contributed by atoms with Gasteiger partial charge in [0.05, 0.1) is 23.8 Å². The van der Waals surface area contributed by atoms with Gasteiger partial charge in [-0.15, -0.1) is 11.3 Å². The molecule has 0 amide bonds. The number of nitriles is 1. The van der Waals surface area contributed by atoms with Gasteiger partial charge >= 0.3 is 0 Å². The molecule has 0 N–H and O–H groups in total. The summed E-state index contributed by atoms with van der Waals surface area (Å²) in [5.41, 5.74) is 4.09. The quantitative estimate of drug-likeness (QED) is 0.252. The van der Waals surface area contributed by atoms with Gasteiger partial charge in [-0.25, -0.2) is 0 Å². The van der Waals surface area contributed by atoms with E-state index < -0.39 is 0 Å². The first-order valence-electron chi connectivity index (χ1n) is 10.8. The lowest BCUT2D eigenvalue weighted by atomic mass is 10.0. The van der Waals surface area contributed by atoms with Gasteiger partial charge in [-0.3, -0.25) is 0 Å². The first-order chi connectivity index (χ1) is 15.6. The second-order valence-corrected chi connectivity index (χ2v) is 9.58. The number of hydrogen-bond donors (Lipinski definition) is 0. The highest BCUT2D eigenvalue weighted by Crippen LogP contribution is 2.37. The van der Waals surface area contributed by atoms with Crippen LogP contribution in [-0.4, -0.2) is 11.8 Å². The number of methoxy groups -OCH3 is 1. The van der Waals surface area contributed by atoms with E-state index >= 15 is 0 Å². The first kappa shape index (κ1) is 22.3. The van der Waals surface area contributed by atoms with Gasteiger partial charge in [-0.05, 0) is 86.1 Å². The molecule has 0 radical (unpaired) electrons. The largest absolute Gasteiger partial charge is 0.497 e. The molecule has 0 aliphatic heterocycles. The second kappa shape index (κ2) is 10.2. The summed E-state index contributed by atoms with van der Waals surface area (Å²) in [5, 5.41) is 9.40. The maximum atomic E-state index is 9.40. The molecule has 1 aromatic heterocycles. The smallest absolute Gasteiger partial charge is 0.197 e. The molecular weight excluding hydrogens is 436 g/mol. The van der Waals surface area contributed by atoms with Crippen LogP contribution in [0.1, 0.15) is 43.0 Å². The molecule has 1 unspecified atom stereocenters. The van der Waals surface area contributed by atoms with Crippen LogP contribution in [0.4, 0.5) is 0 Å². The average molecular weight is 463 g/mol. The Balaban J connectivity index is 1.58. The van der Waals surface area contributed by atoms with Gasteiger partial charge in [0, 0.05) is 5.57 Å². The van der Waals surface area contributed by atoms with Crippen LogP contribution in [0, 0.1) is 28.1 Å². The Labute approximate surface area is 198 Å². The monoisotopic (exact) mass is 462 g/mol. The molecule has 3 aromatic rings. The van der Waals surface area contributed by atoms with Crippen molar-refractivity contribution in [1.82, 2.24) is 4.73 Å². The van der Waals surface area contributed by atoms with Crippen molar-refractivity contribution < 1.29 is 9.57 Å². The normalized spacial score (nSPS) is 14.6. The van der Waals surface area contributed by atoms with Crippen LogP contribution < -0.4 is 9.57 Å². The predicted molar refractivity (Wildman–Crippen MR) is 131 cm³/mol. The highest BCUT2D eigenvalue weighted by molar-refractivity contribution is 7.73. The van der Waals surface area contributed by atoms with Gasteiger partial charge < -0.3 is 9.57 Å². The number of ether oxygens (including phenoxy) is 1. The van der Waals surface area contributed by atoms with Crippen molar-refractivity contribution in [2.24, 2.45) is 5.92 Å². The van der Waals surface area contributed by atoms with Crippen LogP contribution in [0.25, 0.3) is 10.4 Å². The number of benzene rings is 2. The molecular formula is C26H26N2O2S2. The first-order valence-corrected chi connectivity index (χ1v) is 12.0. The zero-order valence-corrected chi connectivity index (χ0v) is 19.9. The Hall–Kier alpha value is -2.88. The van der Waals surface area contributed by atoms with E-state index in [2.05, 4.69) is 24.3 Å². The molecule has 2 aromatic carbocycles. The highest BCUT2D eigenvalue weighted by atomic mass is 32.1. The summed E-state index contributed by atoms with van der Waals surface area (Å²) < 4.78 is 7.74. The third-order valence-electron chi connectivity index (χ3n) is 5.68. The van der Waals surface area contributed by atoms with Crippen LogP contribution in [0.15, 0.2) is 66.2 Å². The molecule has 1 heterocycles. The van der Waals surface area contributed by atoms with Crippen molar-refractivity contribution in [2.45, 2.75) is 38.7 Å². The predicted octanol–water partition coefficient (Wildman–Crippen LogP) is 7.07. The highest BCUT2D eigenvalue weighted by Gasteiger charge is 2.26. The summed E-state index contributed by atoms with van der Waals surface area (Å²) in [7, 11) is 1.66. The van der Waals surface area contributed by atoms with Crippen molar-refractivity contribution >= 4 is 23.6 Å². The SMILES string of the molecule is COc1ccc(-c2sc(=S)n(OC(CC/C=C(\C#N)C3CC3)c3ccccc3)c2C)cc1. The van der Waals surface area contributed by atoms with E-state index in [4.69, 9.17) is 21.8 Å². The molecule has 0 spiro atoms. The molecule has 6 heteroatoms. The summed E-state index contributed by atoms with van der Waals surface area (Å²) in [6.07, 6.45) is 5.76. The van der Waals surface area contributed by atoms with Gasteiger partial charge in [0.15, 0.2) is 10.1 Å². The molecule has 1 atom stereocenters. The number of hydrogen-bond acceptors (Lipinski definition) is 5. The number of allylic oxidation sites excluding steroid dienone is 2. The van der Waals surface area contributed by atoms with Crippen LogP contribution in [0.2, 0.25) is 0 Å². The number of thiazole rings is 1. The fourth-order valence-electron chi connectivity index (χ4n) is 3.73.